The first-order valence-corrected chi connectivity index (χ1v) is 5.81. The van der Waals surface area contributed by atoms with Crippen LogP contribution in [0, 0.1) is 6.92 Å². The van der Waals surface area contributed by atoms with Crippen LogP contribution in [0.5, 0.6) is 5.75 Å². The lowest BCUT2D eigenvalue weighted by Gasteiger charge is -2.05. The van der Waals surface area contributed by atoms with Gasteiger partial charge in [-0.25, -0.2) is 4.98 Å². The summed E-state index contributed by atoms with van der Waals surface area (Å²) >= 11 is 3.38. The van der Waals surface area contributed by atoms with Gasteiger partial charge in [0.1, 0.15) is 18.2 Å². The number of nitrogens with zero attached hydrogens (tertiary/aromatic N) is 2. The number of aryl methyl sites for hydroxylation is 2. The smallest absolute Gasteiger partial charge is 0.146 e. The van der Waals surface area contributed by atoms with Gasteiger partial charge in [0.2, 0.25) is 0 Å². The molecule has 0 aliphatic heterocycles. The number of ether oxygens (including phenoxy) is 1. The second-order valence-corrected chi connectivity index (χ2v) is 4.57. The highest BCUT2D eigenvalue weighted by Gasteiger charge is 2.02. The first-order chi connectivity index (χ1) is 7.65. The minimum absolute atomic E-state index is 0.492. The van der Waals surface area contributed by atoms with Crippen molar-refractivity contribution in [3.8, 4) is 5.75 Å². The second kappa shape index (κ2) is 4.70. The van der Waals surface area contributed by atoms with E-state index in [0.29, 0.717) is 6.61 Å². The molecule has 0 bridgehead atoms. The third-order valence-corrected chi connectivity index (χ3v) is 2.80. The molecular formula is C12H13BrN2O. The fourth-order valence-corrected chi connectivity index (χ4v) is 1.74. The van der Waals surface area contributed by atoms with Gasteiger partial charge in [-0.15, -0.1) is 0 Å². The van der Waals surface area contributed by atoms with Crippen molar-refractivity contribution in [1.82, 2.24) is 9.55 Å². The van der Waals surface area contributed by atoms with Gasteiger partial charge in [0, 0.05) is 17.7 Å². The lowest BCUT2D eigenvalue weighted by Crippen LogP contribution is -2.02. The average molecular weight is 281 g/mol. The number of aromatic nitrogens is 2. The van der Waals surface area contributed by atoms with Crippen molar-refractivity contribution in [2.75, 3.05) is 0 Å². The molecule has 0 amide bonds. The number of halogens is 1. The van der Waals surface area contributed by atoms with Crippen LogP contribution in [0.25, 0.3) is 0 Å². The maximum atomic E-state index is 5.64. The molecule has 1 aromatic heterocycles. The summed E-state index contributed by atoms with van der Waals surface area (Å²) in [6, 6.07) is 7.78. The highest BCUT2D eigenvalue weighted by molar-refractivity contribution is 9.10. The number of hydrogen-bond acceptors (Lipinski definition) is 2. The molecule has 0 fully saturated rings. The van der Waals surface area contributed by atoms with Gasteiger partial charge < -0.3 is 9.30 Å². The van der Waals surface area contributed by atoms with Gasteiger partial charge in [0.25, 0.3) is 0 Å². The van der Waals surface area contributed by atoms with Crippen molar-refractivity contribution < 1.29 is 4.74 Å². The third kappa shape index (κ3) is 2.64. The van der Waals surface area contributed by atoms with Crippen LogP contribution in [0.15, 0.2) is 34.9 Å². The lowest BCUT2D eigenvalue weighted by atomic mass is 10.3. The molecule has 0 N–H and O–H groups in total. The fraction of sp³-hybridized carbons (Fsp3) is 0.250. The summed E-state index contributed by atoms with van der Waals surface area (Å²) in [6.45, 7) is 2.47. The van der Waals surface area contributed by atoms with Crippen LogP contribution in [-0.4, -0.2) is 9.55 Å². The zero-order chi connectivity index (χ0) is 11.5. The van der Waals surface area contributed by atoms with Crippen molar-refractivity contribution >= 4 is 15.9 Å². The molecule has 4 heteroatoms. The lowest BCUT2D eigenvalue weighted by molar-refractivity contribution is 0.291. The van der Waals surface area contributed by atoms with Gasteiger partial charge in [-0.1, -0.05) is 15.9 Å². The molecule has 84 valence electrons. The predicted molar refractivity (Wildman–Crippen MR) is 66.4 cm³/mol. The van der Waals surface area contributed by atoms with E-state index in [4.69, 9.17) is 4.74 Å². The molecule has 0 aliphatic rings. The zero-order valence-corrected chi connectivity index (χ0v) is 10.9. The van der Waals surface area contributed by atoms with Crippen molar-refractivity contribution in [3.05, 3.63) is 46.5 Å². The van der Waals surface area contributed by atoms with Gasteiger partial charge in [0.05, 0.1) is 5.69 Å². The molecule has 2 rings (SSSR count). The van der Waals surface area contributed by atoms with Crippen LogP contribution in [0.3, 0.4) is 0 Å². The maximum Gasteiger partial charge on any atom is 0.146 e. The van der Waals surface area contributed by atoms with Crippen LogP contribution in [0.4, 0.5) is 0 Å². The topological polar surface area (TPSA) is 27.1 Å². The van der Waals surface area contributed by atoms with Crippen molar-refractivity contribution in [2.45, 2.75) is 13.5 Å². The Kier molecular flexibility index (Phi) is 3.29. The molecule has 0 radical (unpaired) electrons. The van der Waals surface area contributed by atoms with Crippen molar-refractivity contribution in [1.29, 1.82) is 0 Å². The first kappa shape index (κ1) is 11.2. The highest BCUT2D eigenvalue weighted by atomic mass is 79.9. The number of rotatable bonds is 3. The van der Waals surface area contributed by atoms with E-state index in [1.807, 2.05) is 49.0 Å². The van der Waals surface area contributed by atoms with Crippen molar-refractivity contribution in [3.63, 3.8) is 0 Å². The molecule has 0 saturated heterocycles. The van der Waals surface area contributed by atoms with Crippen molar-refractivity contribution in [2.24, 2.45) is 7.05 Å². The Balaban J connectivity index is 2.02. The van der Waals surface area contributed by atoms with Gasteiger partial charge in [-0.3, -0.25) is 0 Å². The van der Waals surface area contributed by atoms with E-state index in [1.54, 1.807) is 0 Å². The Hall–Kier alpha value is -1.29. The van der Waals surface area contributed by atoms with E-state index < -0.39 is 0 Å². The molecule has 3 nitrogen and oxygen atoms in total. The molecule has 0 saturated carbocycles. The Morgan fingerprint density at radius 1 is 1.31 bits per heavy atom. The third-order valence-electron chi connectivity index (χ3n) is 2.27. The summed E-state index contributed by atoms with van der Waals surface area (Å²) in [5.74, 6) is 1.78. The van der Waals surface area contributed by atoms with Crippen LogP contribution < -0.4 is 4.74 Å². The maximum absolute atomic E-state index is 5.64. The van der Waals surface area contributed by atoms with E-state index in [-0.39, 0.29) is 0 Å². The van der Waals surface area contributed by atoms with Crippen LogP contribution in [-0.2, 0) is 13.7 Å². The van der Waals surface area contributed by atoms with Gasteiger partial charge in [0.15, 0.2) is 0 Å². The largest absolute Gasteiger partial charge is 0.486 e. The van der Waals surface area contributed by atoms with Gasteiger partial charge in [-0.05, 0) is 31.2 Å². The minimum atomic E-state index is 0.492. The monoisotopic (exact) mass is 280 g/mol. The molecule has 2 aromatic rings. The molecular weight excluding hydrogens is 268 g/mol. The molecule has 0 unspecified atom stereocenters. The standard InChI is InChI=1S/C12H13BrN2O/c1-9-7-15(2)12(14-9)8-16-11-5-3-10(13)4-6-11/h3-7H,8H2,1-2H3. The number of hydrogen-bond donors (Lipinski definition) is 0. The second-order valence-electron chi connectivity index (χ2n) is 3.65. The number of benzene rings is 1. The van der Waals surface area contributed by atoms with E-state index in [1.165, 1.54) is 0 Å². The quantitative estimate of drug-likeness (QED) is 0.864. The van der Waals surface area contributed by atoms with Crippen LogP contribution in [0.1, 0.15) is 11.5 Å². The Labute approximate surface area is 103 Å². The molecule has 0 aliphatic carbocycles. The van der Waals surface area contributed by atoms with Gasteiger partial charge in [-0.2, -0.15) is 0 Å². The Bertz CT molecular complexity index is 476. The van der Waals surface area contributed by atoms with Crippen LogP contribution in [0.2, 0.25) is 0 Å². The minimum Gasteiger partial charge on any atom is -0.486 e. The first-order valence-electron chi connectivity index (χ1n) is 5.02. The highest BCUT2D eigenvalue weighted by Crippen LogP contribution is 2.17. The molecule has 0 atom stereocenters. The fourth-order valence-electron chi connectivity index (χ4n) is 1.48. The summed E-state index contributed by atoms with van der Waals surface area (Å²) in [5.41, 5.74) is 1.01. The summed E-state index contributed by atoms with van der Waals surface area (Å²) in [7, 11) is 1.97. The molecule has 0 spiro atoms. The van der Waals surface area contributed by atoms with E-state index in [0.717, 1.165) is 21.7 Å². The normalized spacial score (nSPS) is 10.4. The summed E-state index contributed by atoms with van der Waals surface area (Å²) in [4.78, 5) is 4.37. The van der Waals surface area contributed by atoms with E-state index in [9.17, 15) is 0 Å². The summed E-state index contributed by atoms with van der Waals surface area (Å²) < 4.78 is 8.67. The SMILES string of the molecule is Cc1cn(C)c(COc2ccc(Br)cc2)n1. The van der Waals surface area contributed by atoms with E-state index in [2.05, 4.69) is 20.9 Å². The average Bonchev–Trinajstić information content (AvgIpc) is 2.57. The summed E-state index contributed by atoms with van der Waals surface area (Å²) in [5, 5.41) is 0. The predicted octanol–water partition coefficient (Wildman–Crippen LogP) is 3.07. The molecule has 16 heavy (non-hydrogen) atoms. The summed E-state index contributed by atoms with van der Waals surface area (Å²) in [6.07, 6.45) is 1.99. The van der Waals surface area contributed by atoms with E-state index >= 15 is 0 Å². The van der Waals surface area contributed by atoms with Gasteiger partial charge >= 0.3 is 0 Å². The van der Waals surface area contributed by atoms with Crippen LogP contribution >= 0.6 is 15.9 Å². The number of imidazole rings is 1. The zero-order valence-electron chi connectivity index (χ0n) is 9.27. The Morgan fingerprint density at radius 3 is 2.56 bits per heavy atom. The molecule has 1 heterocycles. The molecule has 1 aromatic carbocycles. The Morgan fingerprint density at radius 2 is 2.00 bits per heavy atom.